The monoisotopic (exact) mass is 404 g/mol. The highest BCUT2D eigenvalue weighted by molar-refractivity contribution is 7.89. The Labute approximate surface area is 149 Å². The number of halogens is 5. The molecule has 24 heavy (non-hydrogen) atoms. The van der Waals surface area contributed by atoms with Gasteiger partial charge in [0.2, 0.25) is 10.0 Å². The van der Waals surface area contributed by atoms with Crippen molar-refractivity contribution in [2.75, 3.05) is 19.6 Å². The lowest BCUT2D eigenvalue weighted by Gasteiger charge is -2.34. The van der Waals surface area contributed by atoms with Gasteiger partial charge in [0.25, 0.3) is 0 Å². The molecule has 1 aromatic rings. The number of nitrogens with zero attached hydrogens (tertiary/aromatic N) is 1. The zero-order valence-electron chi connectivity index (χ0n) is 12.5. The number of nitrogens with one attached hydrogen (secondary N) is 1. The van der Waals surface area contributed by atoms with Crippen LogP contribution in [0.2, 0.25) is 5.02 Å². The number of sulfonamides is 1. The van der Waals surface area contributed by atoms with E-state index < -0.39 is 26.8 Å². The Bertz CT molecular complexity index is 712. The first-order valence-electron chi connectivity index (χ1n) is 7.30. The average Bonchev–Trinajstić information content (AvgIpc) is 2.93. The topological polar surface area (TPSA) is 49.4 Å². The Kier molecular flexibility index (Phi) is 5.76. The Hall–Kier alpha value is -0.540. The summed E-state index contributed by atoms with van der Waals surface area (Å²) in [4.78, 5) is -0.362. The Morgan fingerprint density at radius 3 is 2.62 bits per heavy atom. The van der Waals surface area contributed by atoms with Crippen LogP contribution in [-0.2, 0) is 16.2 Å². The largest absolute Gasteiger partial charge is 0.417 e. The summed E-state index contributed by atoms with van der Waals surface area (Å²) in [6.45, 7) is 1.49. The molecular formula is C14H17Cl2F3N2O2S. The van der Waals surface area contributed by atoms with Crippen molar-refractivity contribution in [2.45, 2.75) is 30.0 Å². The van der Waals surface area contributed by atoms with Gasteiger partial charge in [-0.3, -0.25) is 0 Å². The predicted molar refractivity (Wildman–Crippen MR) is 87.0 cm³/mol. The maximum Gasteiger partial charge on any atom is 0.417 e. The molecule has 4 nitrogen and oxygen atoms in total. The zero-order valence-corrected chi connectivity index (χ0v) is 14.9. The molecule has 0 radical (unpaired) electrons. The van der Waals surface area contributed by atoms with Crippen LogP contribution in [0.3, 0.4) is 0 Å². The maximum absolute atomic E-state index is 12.9. The summed E-state index contributed by atoms with van der Waals surface area (Å²) in [7, 11) is -3.95. The third-order valence-electron chi connectivity index (χ3n) is 4.50. The van der Waals surface area contributed by atoms with Crippen LogP contribution in [0.1, 0.15) is 18.4 Å². The molecule has 2 heterocycles. The molecule has 0 bridgehead atoms. The minimum absolute atomic E-state index is 0. The number of benzene rings is 1. The number of hydrogen-bond donors (Lipinski definition) is 1. The summed E-state index contributed by atoms with van der Waals surface area (Å²) >= 11 is 5.55. The number of alkyl halides is 3. The first kappa shape index (κ1) is 19.8. The van der Waals surface area contributed by atoms with Gasteiger partial charge in [0, 0.05) is 19.1 Å². The Morgan fingerprint density at radius 2 is 1.96 bits per heavy atom. The van der Waals surface area contributed by atoms with Crippen LogP contribution in [0.5, 0.6) is 0 Å². The SMILES string of the molecule is Cl.O=S(=O)(c1ccc(Cl)c(C(F)(F)F)c1)N1CCC2NCCC2C1. The molecule has 2 aliphatic heterocycles. The highest BCUT2D eigenvalue weighted by Gasteiger charge is 2.39. The number of fused-ring (bicyclic) bond motifs is 1. The van der Waals surface area contributed by atoms with Crippen molar-refractivity contribution in [1.29, 1.82) is 0 Å². The van der Waals surface area contributed by atoms with Gasteiger partial charge in [0.15, 0.2) is 0 Å². The van der Waals surface area contributed by atoms with Crippen LogP contribution in [0.4, 0.5) is 13.2 Å². The first-order valence-corrected chi connectivity index (χ1v) is 9.11. The molecule has 1 N–H and O–H groups in total. The van der Waals surface area contributed by atoms with Gasteiger partial charge in [-0.2, -0.15) is 17.5 Å². The van der Waals surface area contributed by atoms with Crippen molar-refractivity contribution in [1.82, 2.24) is 9.62 Å². The van der Waals surface area contributed by atoms with Crippen molar-refractivity contribution >= 4 is 34.0 Å². The molecule has 0 saturated carbocycles. The third kappa shape index (κ3) is 3.67. The van der Waals surface area contributed by atoms with E-state index in [1.54, 1.807) is 0 Å². The number of hydrogen-bond acceptors (Lipinski definition) is 3. The zero-order chi connectivity index (χ0) is 16.8. The van der Waals surface area contributed by atoms with Gasteiger partial charge in [-0.25, -0.2) is 8.42 Å². The minimum atomic E-state index is -4.69. The summed E-state index contributed by atoms with van der Waals surface area (Å²) < 4.78 is 65.4. The number of piperidine rings is 1. The van der Waals surface area contributed by atoms with E-state index in [-0.39, 0.29) is 23.2 Å². The third-order valence-corrected chi connectivity index (χ3v) is 6.69. The maximum atomic E-state index is 12.9. The van der Waals surface area contributed by atoms with Gasteiger partial charge in [-0.05, 0) is 43.5 Å². The molecule has 0 aliphatic carbocycles. The van der Waals surface area contributed by atoms with Crippen LogP contribution in [-0.4, -0.2) is 38.4 Å². The van der Waals surface area contributed by atoms with Crippen LogP contribution >= 0.6 is 24.0 Å². The van der Waals surface area contributed by atoms with Gasteiger partial charge < -0.3 is 5.32 Å². The molecule has 1 aromatic carbocycles. The summed E-state index contributed by atoms with van der Waals surface area (Å²) in [6.07, 6.45) is -3.14. The van der Waals surface area contributed by atoms with E-state index in [4.69, 9.17) is 11.6 Å². The molecule has 136 valence electrons. The lowest BCUT2D eigenvalue weighted by Crippen LogP contribution is -2.46. The summed E-state index contributed by atoms with van der Waals surface area (Å²) in [5.41, 5.74) is -1.13. The highest BCUT2D eigenvalue weighted by atomic mass is 35.5. The van der Waals surface area contributed by atoms with Crippen molar-refractivity contribution in [3.63, 3.8) is 0 Å². The molecule has 3 rings (SSSR count). The summed E-state index contributed by atoms with van der Waals surface area (Å²) in [6, 6.07) is 3.04. The highest BCUT2D eigenvalue weighted by Crippen LogP contribution is 2.37. The summed E-state index contributed by atoms with van der Waals surface area (Å²) in [5, 5.41) is 2.81. The van der Waals surface area contributed by atoms with E-state index in [0.717, 1.165) is 25.1 Å². The van der Waals surface area contributed by atoms with Gasteiger partial charge in [0.1, 0.15) is 0 Å². The summed E-state index contributed by atoms with van der Waals surface area (Å²) in [5.74, 6) is 0.216. The van der Waals surface area contributed by atoms with E-state index in [9.17, 15) is 21.6 Å². The fraction of sp³-hybridized carbons (Fsp3) is 0.571. The lowest BCUT2D eigenvalue weighted by atomic mass is 9.95. The van der Waals surface area contributed by atoms with Crippen molar-refractivity contribution in [3.8, 4) is 0 Å². The standard InChI is InChI=1S/C14H16ClF3N2O2S.ClH/c15-12-2-1-10(7-11(12)14(16,17)18)23(21,22)20-6-4-13-9(8-20)3-5-19-13;/h1-2,7,9,13,19H,3-6,8H2;1H. The average molecular weight is 405 g/mol. The fourth-order valence-electron chi connectivity index (χ4n) is 3.26. The molecule has 2 atom stereocenters. The van der Waals surface area contributed by atoms with Gasteiger partial charge >= 0.3 is 6.18 Å². The predicted octanol–water partition coefficient (Wildman–Crippen LogP) is 3.15. The molecule has 0 spiro atoms. The van der Waals surface area contributed by atoms with E-state index >= 15 is 0 Å². The molecule has 2 fully saturated rings. The molecule has 0 aromatic heterocycles. The van der Waals surface area contributed by atoms with Crippen LogP contribution < -0.4 is 5.32 Å². The minimum Gasteiger partial charge on any atom is -0.314 e. The van der Waals surface area contributed by atoms with E-state index in [0.29, 0.717) is 31.6 Å². The molecule has 10 heteroatoms. The van der Waals surface area contributed by atoms with Gasteiger partial charge in [-0.1, -0.05) is 11.6 Å². The van der Waals surface area contributed by atoms with Crippen LogP contribution in [0.25, 0.3) is 0 Å². The fourth-order valence-corrected chi connectivity index (χ4v) is 5.03. The second-order valence-corrected chi connectivity index (χ2v) is 8.25. The van der Waals surface area contributed by atoms with Crippen LogP contribution in [0, 0.1) is 5.92 Å². The van der Waals surface area contributed by atoms with E-state index in [1.165, 1.54) is 4.31 Å². The van der Waals surface area contributed by atoms with Crippen LogP contribution in [0.15, 0.2) is 23.1 Å². The lowest BCUT2D eigenvalue weighted by molar-refractivity contribution is -0.137. The number of rotatable bonds is 2. The second-order valence-electron chi connectivity index (χ2n) is 5.90. The Morgan fingerprint density at radius 1 is 1.25 bits per heavy atom. The molecular weight excluding hydrogens is 388 g/mol. The van der Waals surface area contributed by atoms with E-state index in [2.05, 4.69) is 5.32 Å². The molecule has 2 unspecified atom stereocenters. The quantitative estimate of drug-likeness (QED) is 0.823. The normalized spacial score (nSPS) is 25.2. The van der Waals surface area contributed by atoms with E-state index in [1.807, 2.05) is 0 Å². The van der Waals surface area contributed by atoms with Crippen molar-refractivity contribution in [3.05, 3.63) is 28.8 Å². The molecule has 2 saturated heterocycles. The first-order chi connectivity index (χ1) is 10.7. The van der Waals surface area contributed by atoms with Crippen molar-refractivity contribution in [2.24, 2.45) is 5.92 Å². The smallest absolute Gasteiger partial charge is 0.314 e. The second kappa shape index (κ2) is 6.99. The van der Waals surface area contributed by atoms with Crippen molar-refractivity contribution < 1.29 is 21.6 Å². The van der Waals surface area contributed by atoms with Gasteiger partial charge in [-0.15, -0.1) is 12.4 Å². The molecule has 0 amide bonds. The molecule has 2 aliphatic rings. The Balaban J connectivity index is 0.00000208. The van der Waals surface area contributed by atoms with Gasteiger partial charge in [0.05, 0.1) is 15.5 Å².